The third kappa shape index (κ3) is 7.41. The number of nitrogens with two attached hydrogens (primary N) is 1. The molecule has 0 amide bonds. The van der Waals surface area contributed by atoms with E-state index in [1.165, 1.54) is 16.0 Å². The van der Waals surface area contributed by atoms with Crippen molar-refractivity contribution in [3.63, 3.8) is 0 Å². The minimum Gasteiger partial charge on any atom is -0.394 e. The molecule has 0 radical (unpaired) electrons. The molecule has 2 rings (SSSR count). The molecular formula is C21H27NO2S. The molecule has 0 bridgehead atoms. The van der Waals surface area contributed by atoms with Crippen molar-refractivity contribution in [3.05, 3.63) is 57.3 Å². The van der Waals surface area contributed by atoms with Gasteiger partial charge in [-0.25, -0.2) is 0 Å². The molecule has 0 aliphatic heterocycles. The minimum atomic E-state index is -0.509. The molecule has 1 aromatic carbocycles. The zero-order valence-corrected chi connectivity index (χ0v) is 15.9. The van der Waals surface area contributed by atoms with Crippen LogP contribution in [0.5, 0.6) is 0 Å². The van der Waals surface area contributed by atoms with Crippen LogP contribution in [0.15, 0.2) is 36.4 Å². The van der Waals surface area contributed by atoms with Crippen LogP contribution in [0.1, 0.15) is 40.6 Å². The zero-order chi connectivity index (χ0) is 18.1. The maximum absolute atomic E-state index is 9.19. The molecule has 4 heteroatoms. The fourth-order valence-corrected chi connectivity index (χ4v) is 3.10. The van der Waals surface area contributed by atoms with Crippen LogP contribution in [0, 0.1) is 18.8 Å². The van der Waals surface area contributed by atoms with E-state index < -0.39 is 5.54 Å². The molecular weight excluding hydrogens is 330 g/mol. The summed E-state index contributed by atoms with van der Waals surface area (Å²) in [6, 6.07) is 12.5. The highest BCUT2D eigenvalue weighted by Crippen LogP contribution is 2.19. The van der Waals surface area contributed by atoms with Gasteiger partial charge in [0.2, 0.25) is 0 Å². The van der Waals surface area contributed by atoms with E-state index in [0.29, 0.717) is 13.2 Å². The third-order valence-corrected chi connectivity index (χ3v) is 5.00. The largest absolute Gasteiger partial charge is 0.394 e. The molecule has 3 nitrogen and oxygen atoms in total. The summed E-state index contributed by atoms with van der Waals surface area (Å²) < 4.78 is 5.65. The Morgan fingerprint density at radius 3 is 2.68 bits per heavy atom. The number of aliphatic hydroxyl groups excluding tert-OH is 1. The number of hydrogen-bond acceptors (Lipinski definition) is 4. The van der Waals surface area contributed by atoms with Crippen molar-refractivity contribution in [1.82, 2.24) is 0 Å². The van der Waals surface area contributed by atoms with Gasteiger partial charge in [0.25, 0.3) is 0 Å². The summed E-state index contributed by atoms with van der Waals surface area (Å²) in [7, 11) is 0. The number of aryl methyl sites for hydroxylation is 2. The first-order valence-electron chi connectivity index (χ1n) is 8.59. The number of rotatable bonds is 8. The normalized spacial score (nSPS) is 13.1. The van der Waals surface area contributed by atoms with Gasteiger partial charge in [-0.15, -0.1) is 11.3 Å². The van der Waals surface area contributed by atoms with E-state index in [1.807, 2.05) is 13.0 Å². The summed E-state index contributed by atoms with van der Waals surface area (Å²) in [6.45, 7) is 5.23. The standard InChI is InChI=1S/C21H27NO2S/c1-17-6-8-18(9-7-17)15-24-14-4-3-5-19-10-11-20(25-19)12-13-21(2,22)16-23/h6-11,23H,4,12-16,22H2,1-2H3. The molecule has 2 aromatic rings. The van der Waals surface area contributed by atoms with Gasteiger partial charge in [0.1, 0.15) is 0 Å². The number of aliphatic hydroxyl groups is 1. The van der Waals surface area contributed by atoms with Crippen molar-refractivity contribution >= 4 is 11.3 Å². The molecule has 0 saturated carbocycles. The topological polar surface area (TPSA) is 55.5 Å². The Labute approximate surface area is 154 Å². The first-order chi connectivity index (χ1) is 12.0. The van der Waals surface area contributed by atoms with Crippen LogP contribution >= 0.6 is 11.3 Å². The molecule has 3 N–H and O–H groups in total. The van der Waals surface area contributed by atoms with Gasteiger partial charge >= 0.3 is 0 Å². The lowest BCUT2D eigenvalue weighted by Gasteiger charge is -2.20. The lowest BCUT2D eigenvalue weighted by molar-refractivity contribution is 0.126. The summed E-state index contributed by atoms with van der Waals surface area (Å²) >= 11 is 1.69. The minimum absolute atomic E-state index is 0.00757. The summed E-state index contributed by atoms with van der Waals surface area (Å²) in [6.07, 6.45) is 2.37. The zero-order valence-electron chi connectivity index (χ0n) is 15.0. The average Bonchev–Trinajstić information content (AvgIpc) is 3.06. The fraction of sp³-hybridized carbons (Fsp3) is 0.429. The van der Waals surface area contributed by atoms with Crippen molar-refractivity contribution < 1.29 is 9.84 Å². The van der Waals surface area contributed by atoms with E-state index in [2.05, 4.69) is 49.1 Å². The lowest BCUT2D eigenvalue weighted by Crippen LogP contribution is -2.40. The second kappa shape index (κ2) is 9.74. The molecule has 134 valence electrons. The predicted molar refractivity (Wildman–Crippen MR) is 105 cm³/mol. The van der Waals surface area contributed by atoms with Crippen molar-refractivity contribution in [2.24, 2.45) is 5.73 Å². The monoisotopic (exact) mass is 357 g/mol. The summed E-state index contributed by atoms with van der Waals surface area (Å²) in [5.74, 6) is 6.35. The molecule has 1 unspecified atom stereocenters. The number of thiophene rings is 1. The first kappa shape index (κ1) is 19.7. The molecule has 0 spiro atoms. The SMILES string of the molecule is Cc1ccc(COCCC#Cc2ccc(CCC(C)(N)CO)s2)cc1. The number of benzene rings is 1. The van der Waals surface area contributed by atoms with Gasteiger partial charge in [-0.1, -0.05) is 41.7 Å². The van der Waals surface area contributed by atoms with Gasteiger partial charge in [-0.2, -0.15) is 0 Å². The molecule has 1 heterocycles. The molecule has 0 aliphatic carbocycles. The quantitative estimate of drug-likeness (QED) is 0.560. The summed E-state index contributed by atoms with van der Waals surface area (Å²) in [5.41, 5.74) is 7.90. The molecule has 0 fully saturated rings. The Balaban J connectivity index is 1.68. The van der Waals surface area contributed by atoms with Gasteiger partial charge in [0, 0.05) is 16.8 Å². The van der Waals surface area contributed by atoms with Crippen molar-refractivity contribution in [2.45, 2.75) is 45.3 Å². The number of hydrogen-bond donors (Lipinski definition) is 2. The first-order valence-corrected chi connectivity index (χ1v) is 9.41. The highest BCUT2D eigenvalue weighted by atomic mass is 32.1. The highest BCUT2D eigenvalue weighted by molar-refractivity contribution is 7.12. The van der Waals surface area contributed by atoms with E-state index in [-0.39, 0.29) is 6.61 Å². The Kier molecular flexibility index (Phi) is 7.67. The molecule has 25 heavy (non-hydrogen) atoms. The van der Waals surface area contributed by atoms with Crippen molar-refractivity contribution in [1.29, 1.82) is 0 Å². The van der Waals surface area contributed by atoms with Gasteiger partial charge in [-0.05, 0) is 44.4 Å². The Morgan fingerprint density at radius 2 is 1.96 bits per heavy atom. The van der Waals surface area contributed by atoms with E-state index in [0.717, 1.165) is 24.1 Å². The van der Waals surface area contributed by atoms with E-state index in [1.54, 1.807) is 11.3 Å². The van der Waals surface area contributed by atoms with Crippen LogP contribution in [0.2, 0.25) is 0 Å². The predicted octanol–water partition coefficient (Wildman–Crippen LogP) is 3.66. The maximum atomic E-state index is 9.19. The van der Waals surface area contributed by atoms with E-state index in [9.17, 15) is 5.11 Å². The van der Waals surface area contributed by atoms with E-state index in [4.69, 9.17) is 10.5 Å². The van der Waals surface area contributed by atoms with Gasteiger partial charge in [0.15, 0.2) is 0 Å². The Bertz CT molecular complexity index is 707. The van der Waals surface area contributed by atoms with Crippen molar-refractivity contribution in [3.8, 4) is 11.8 Å². The average molecular weight is 358 g/mol. The lowest BCUT2D eigenvalue weighted by atomic mass is 9.98. The Morgan fingerprint density at radius 1 is 1.20 bits per heavy atom. The van der Waals surface area contributed by atoms with Crippen LogP contribution < -0.4 is 5.73 Å². The molecule has 1 aromatic heterocycles. The highest BCUT2D eigenvalue weighted by Gasteiger charge is 2.16. The Hall–Kier alpha value is -1.64. The van der Waals surface area contributed by atoms with Crippen LogP contribution in [0.4, 0.5) is 0 Å². The van der Waals surface area contributed by atoms with Crippen LogP contribution in [0.3, 0.4) is 0 Å². The number of ether oxygens (including phenoxy) is 1. The summed E-state index contributed by atoms with van der Waals surface area (Å²) in [4.78, 5) is 2.32. The van der Waals surface area contributed by atoms with Crippen LogP contribution in [-0.2, 0) is 17.8 Å². The molecule has 1 atom stereocenters. The molecule has 0 saturated heterocycles. The van der Waals surface area contributed by atoms with Gasteiger partial charge < -0.3 is 15.6 Å². The van der Waals surface area contributed by atoms with Crippen LogP contribution in [0.25, 0.3) is 0 Å². The second-order valence-corrected chi connectivity index (χ2v) is 7.84. The third-order valence-electron chi connectivity index (χ3n) is 3.94. The second-order valence-electron chi connectivity index (χ2n) is 6.67. The molecule has 0 aliphatic rings. The summed E-state index contributed by atoms with van der Waals surface area (Å²) in [5, 5.41) is 9.19. The van der Waals surface area contributed by atoms with Crippen molar-refractivity contribution in [2.75, 3.05) is 13.2 Å². The fourth-order valence-electron chi connectivity index (χ4n) is 2.21. The smallest absolute Gasteiger partial charge is 0.0771 e. The van der Waals surface area contributed by atoms with Gasteiger partial charge in [-0.3, -0.25) is 0 Å². The van der Waals surface area contributed by atoms with E-state index >= 15 is 0 Å². The van der Waals surface area contributed by atoms with Crippen LogP contribution in [-0.4, -0.2) is 23.9 Å². The van der Waals surface area contributed by atoms with Gasteiger partial charge in [0.05, 0.1) is 24.7 Å². The maximum Gasteiger partial charge on any atom is 0.0771 e.